The molecule has 17 heavy (non-hydrogen) atoms. The molecule has 90 valence electrons. The van der Waals surface area contributed by atoms with E-state index in [1.54, 1.807) is 13.1 Å². The van der Waals surface area contributed by atoms with E-state index in [0.29, 0.717) is 13.0 Å². The maximum absolute atomic E-state index is 11.4. The molecule has 2 rings (SSSR count). The molecule has 1 aliphatic carbocycles. The molecular formula is C11H13N3O3. The number of esters is 1. The second kappa shape index (κ2) is 4.40. The number of anilines is 1. The molecule has 1 heterocycles. The zero-order valence-electron chi connectivity index (χ0n) is 9.42. The summed E-state index contributed by atoms with van der Waals surface area (Å²) in [5, 5.41) is 0. The smallest absolute Gasteiger partial charge is 0.353 e. The SMILES string of the molecule is CCOC(=O)C1CC1=Cn1ccc(N)nc1=O. The molecule has 6 heteroatoms. The number of ether oxygens (including phenoxy) is 1. The Morgan fingerprint density at radius 2 is 2.53 bits per heavy atom. The lowest BCUT2D eigenvalue weighted by atomic mass is 10.4. The maximum Gasteiger partial charge on any atom is 0.353 e. The summed E-state index contributed by atoms with van der Waals surface area (Å²) in [5.74, 6) is -0.267. The molecule has 1 unspecified atom stereocenters. The molecule has 1 saturated carbocycles. The molecule has 1 aromatic heterocycles. The average Bonchev–Trinajstić information content (AvgIpc) is 3.02. The van der Waals surface area contributed by atoms with Crippen molar-refractivity contribution in [3.05, 3.63) is 28.3 Å². The second-order valence-electron chi connectivity index (χ2n) is 3.76. The summed E-state index contributed by atoms with van der Waals surface area (Å²) >= 11 is 0. The van der Waals surface area contributed by atoms with E-state index in [1.807, 2.05) is 0 Å². The number of hydrogen-bond donors (Lipinski definition) is 1. The molecular weight excluding hydrogens is 222 g/mol. The molecule has 2 N–H and O–H groups in total. The summed E-state index contributed by atoms with van der Waals surface area (Å²) in [5.41, 5.74) is 5.79. The number of carbonyl (C=O) groups is 1. The van der Waals surface area contributed by atoms with Crippen LogP contribution in [-0.4, -0.2) is 22.1 Å². The zero-order chi connectivity index (χ0) is 12.4. The first-order valence-corrected chi connectivity index (χ1v) is 5.33. The maximum atomic E-state index is 11.4. The van der Waals surface area contributed by atoms with Crippen molar-refractivity contribution in [2.45, 2.75) is 13.3 Å². The van der Waals surface area contributed by atoms with E-state index in [4.69, 9.17) is 10.5 Å². The van der Waals surface area contributed by atoms with Crippen molar-refractivity contribution in [1.82, 2.24) is 9.55 Å². The number of hydrogen-bond acceptors (Lipinski definition) is 5. The van der Waals surface area contributed by atoms with Crippen LogP contribution in [0.3, 0.4) is 0 Å². The van der Waals surface area contributed by atoms with Crippen molar-refractivity contribution in [1.29, 1.82) is 0 Å². The van der Waals surface area contributed by atoms with Crippen LogP contribution in [0.5, 0.6) is 0 Å². The first-order valence-electron chi connectivity index (χ1n) is 5.33. The highest BCUT2D eigenvalue weighted by Gasteiger charge is 2.38. The Labute approximate surface area is 97.7 Å². The summed E-state index contributed by atoms with van der Waals surface area (Å²) in [6.07, 6.45) is 3.77. The zero-order valence-corrected chi connectivity index (χ0v) is 9.42. The van der Waals surface area contributed by atoms with Crippen molar-refractivity contribution in [2.24, 2.45) is 5.92 Å². The van der Waals surface area contributed by atoms with Gasteiger partial charge in [-0.1, -0.05) is 0 Å². The molecule has 0 saturated heterocycles. The van der Waals surface area contributed by atoms with Crippen LogP contribution in [0.25, 0.3) is 6.20 Å². The van der Waals surface area contributed by atoms with E-state index in [2.05, 4.69) is 4.98 Å². The van der Waals surface area contributed by atoms with Crippen LogP contribution >= 0.6 is 0 Å². The van der Waals surface area contributed by atoms with Gasteiger partial charge in [0.05, 0.1) is 12.5 Å². The van der Waals surface area contributed by atoms with E-state index < -0.39 is 5.69 Å². The highest BCUT2D eigenvalue weighted by atomic mass is 16.5. The minimum atomic E-state index is -0.452. The molecule has 0 amide bonds. The fourth-order valence-corrected chi connectivity index (χ4v) is 1.50. The van der Waals surface area contributed by atoms with Crippen LogP contribution in [0, 0.1) is 5.92 Å². The first-order chi connectivity index (χ1) is 8.11. The number of nitrogens with zero attached hydrogens (tertiary/aromatic N) is 2. The summed E-state index contributed by atoms with van der Waals surface area (Å²) in [7, 11) is 0. The normalized spacial score (nSPS) is 20.3. The lowest BCUT2D eigenvalue weighted by molar-refractivity contribution is -0.144. The van der Waals surface area contributed by atoms with Gasteiger partial charge < -0.3 is 10.5 Å². The monoisotopic (exact) mass is 235 g/mol. The fraction of sp³-hybridized carbons (Fsp3) is 0.364. The average molecular weight is 235 g/mol. The van der Waals surface area contributed by atoms with E-state index >= 15 is 0 Å². The third-order valence-electron chi connectivity index (χ3n) is 2.45. The summed E-state index contributed by atoms with van der Waals surface area (Å²) in [4.78, 5) is 26.4. The molecule has 1 fully saturated rings. The molecule has 0 spiro atoms. The molecule has 0 radical (unpaired) electrons. The summed E-state index contributed by atoms with van der Waals surface area (Å²) in [6, 6.07) is 1.53. The first kappa shape index (κ1) is 11.4. The molecule has 1 aromatic rings. The lowest BCUT2D eigenvalue weighted by Gasteiger charge is -1.98. The van der Waals surface area contributed by atoms with E-state index in [1.165, 1.54) is 16.8 Å². The third kappa shape index (κ3) is 2.52. The Bertz CT molecular complexity index is 533. The van der Waals surface area contributed by atoms with Crippen LogP contribution in [0.4, 0.5) is 5.82 Å². The van der Waals surface area contributed by atoms with Gasteiger partial charge in [-0.3, -0.25) is 9.36 Å². The predicted octanol–water partition coefficient (Wildman–Crippen LogP) is 0.249. The summed E-state index contributed by atoms with van der Waals surface area (Å²) in [6.45, 7) is 2.13. The van der Waals surface area contributed by atoms with Crippen LogP contribution in [-0.2, 0) is 9.53 Å². The topological polar surface area (TPSA) is 87.2 Å². The standard InChI is InChI=1S/C11H13N3O3/c1-2-17-10(15)8-5-7(8)6-14-4-3-9(12)13-11(14)16/h3-4,6,8H,2,5H2,1H3,(H2,12,13,16). The van der Waals surface area contributed by atoms with Gasteiger partial charge in [-0.15, -0.1) is 0 Å². The minimum absolute atomic E-state index is 0.183. The van der Waals surface area contributed by atoms with Gasteiger partial charge in [0.15, 0.2) is 0 Å². The van der Waals surface area contributed by atoms with E-state index in [-0.39, 0.29) is 17.7 Å². The third-order valence-corrected chi connectivity index (χ3v) is 2.45. The quantitative estimate of drug-likeness (QED) is 0.759. The van der Waals surface area contributed by atoms with Gasteiger partial charge >= 0.3 is 11.7 Å². The number of nitrogens with two attached hydrogens (primary N) is 1. The van der Waals surface area contributed by atoms with Gasteiger partial charge in [0, 0.05) is 12.4 Å². The van der Waals surface area contributed by atoms with Gasteiger partial charge in [0.2, 0.25) is 0 Å². The fourth-order valence-electron chi connectivity index (χ4n) is 1.50. The number of nitrogen functional groups attached to an aromatic ring is 1. The van der Waals surface area contributed by atoms with Crippen molar-refractivity contribution in [2.75, 3.05) is 12.3 Å². The highest BCUT2D eigenvalue weighted by molar-refractivity contribution is 5.82. The predicted molar refractivity (Wildman–Crippen MR) is 61.9 cm³/mol. The van der Waals surface area contributed by atoms with Gasteiger partial charge in [-0.25, -0.2) is 4.79 Å². The molecule has 0 aliphatic heterocycles. The van der Waals surface area contributed by atoms with Crippen molar-refractivity contribution >= 4 is 18.0 Å². The Balaban J connectivity index is 2.12. The Morgan fingerprint density at radius 1 is 1.76 bits per heavy atom. The molecule has 1 aliphatic rings. The van der Waals surface area contributed by atoms with Gasteiger partial charge in [0.25, 0.3) is 0 Å². The Hall–Kier alpha value is -2.11. The molecule has 6 nitrogen and oxygen atoms in total. The van der Waals surface area contributed by atoms with Crippen LogP contribution in [0.1, 0.15) is 13.3 Å². The Kier molecular flexibility index (Phi) is 2.95. The molecule has 0 aromatic carbocycles. The van der Waals surface area contributed by atoms with Gasteiger partial charge in [-0.05, 0) is 25.0 Å². The number of carbonyl (C=O) groups excluding carboxylic acids is 1. The molecule has 1 atom stereocenters. The largest absolute Gasteiger partial charge is 0.466 e. The molecule has 0 bridgehead atoms. The highest BCUT2D eigenvalue weighted by Crippen LogP contribution is 2.38. The van der Waals surface area contributed by atoms with Crippen molar-refractivity contribution < 1.29 is 9.53 Å². The lowest BCUT2D eigenvalue weighted by Crippen LogP contribution is -2.19. The van der Waals surface area contributed by atoms with Crippen molar-refractivity contribution in [3.63, 3.8) is 0 Å². The summed E-state index contributed by atoms with van der Waals surface area (Å²) < 4.78 is 6.19. The second-order valence-corrected chi connectivity index (χ2v) is 3.76. The van der Waals surface area contributed by atoms with Crippen LogP contribution in [0.2, 0.25) is 0 Å². The van der Waals surface area contributed by atoms with Crippen LogP contribution < -0.4 is 11.4 Å². The van der Waals surface area contributed by atoms with Crippen LogP contribution in [0.15, 0.2) is 22.6 Å². The van der Waals surface area contributed by atoms with E-state index in [9.17, 15) is 9.59 Å². The van der Waals surface area contributed by atoms with Gasteiger partial charge in [-0.2, -0.15) is 4.98 Å². The Morgan fingerprint density at radius 3 is 3.18 bits per heavy atom. The van der Waals surface area contributed by atoms with Crippen molar-refractivity contribution in [3.8, 4) is 0 Å². The van der Waals surface area contributed by atoms with Gasteiger partial charge in [0.1, 0.15) is 5.82 Å². The van der Waals surface area contributed by atoms with E-state index in [0.717, 1.165) is 5.57 Å². The number of rotatable bonds is 3. The minimum Gasteiger partial charge on any atom is -0.466 e. The number of aromatic nitrogens is 2.